The normalized spacial score (nSPS) is 10.7. The van der Waals surface area contributed by atoms with E-state index < -0.39 is 17.7 Å². The van der Waals surface area contributed by atoms with E-state index in [2.05, 4.69) is 21.2 Å². The summed E-state index contributed by atoms with van der Waals surface area (Å²) in [7, 11) is 0. The number of nitrogens with one attached hydrogen (secondary N) is 3. The standard InChI is InChI=1S/C27H26Cl2N4O5/c1-4-37-23-12-18(14-30-33-27(36)26(35)32-25-16(2)6-5-7-17(25)3)8-11-22(23)38-15-24(34)31-19-9-10-20(28)21(29)13-19/h5-14H,4,15H2,1-3H3,(H,31,34)(H,32,35)(H,33,36)/b30-14-. The average molecular weight is 557 g/mol. The van der Waals surface area contributed by atoms with E-state index in [-0.39, 0.29) is 6.61 Å². The van der Waals surface area contributed by atoms with E-state index in [1.807, 2.05) is 32.0 Å². The summed E-state index contributed by atoms with van der Waals surface area (Å²) >= 11 is 11.9. The van der Waals surface area contributed by atoms with Crippen LogP contribution in [-0.2, 0) is 14.4 Å². The smallest absolute Gasteiger partial charge is 0.329 e. The summed E-state index contributed by atoms with van der Waals surface area (Å²) in [6.45, 7) is 5.55. The maximum Gasteiger partial charge on any atom is 0.329 e. The first-order valence-corrected chi connectivity index (χ1v) is 12.3. The van der Waals surface area contributed by atoms with Gasteiger partial charge in [-0.2, -0.15) is 5.10 Å². The van der Waals surface area contributed by atoms with Gasteiger partial charge in [-0.1, -0.05) is 41.4 Å². The van der Waals surface area contributed by atoms with Crippen LogP contribution in [0.4, 0.5) is 11.4 Å². The molecule has 0 atom stereocenters. The van der Waals surface area contributed by atoms with Gasteiger partial charge in [0.2, 0.25) is 0 Å². The Hall–Kier alpha value is -4.08. The highest BCUT2D eigenvalue weighted by atomic mass is 35.5. The van der Waals surface area contributed by atoms with Gasteiger partial charge in [0.05, 0.1) is 22.9 Å². The second-order valence-corrected chi connectivity index (χ2v) is 8.84. The topological polar surface area (TPSA) is 118 Å². The largest absolute Gasteiger partial charge is 0.490 e. The molecule has 3 aromatic rings. The molecule has 0 unspecified atom stereocenters. The molecule has 0 fully saturated rings. The Balaban J connectivity index is 1.58. The van der Waals surface area contributed by atoms with Crippen molar-refractivity contribution in [3.8, 4) is 11.5 Å². The van der Waals surface area contributed by atoms with Gasteiger partial charge >= 0.3 is 11.8 Å². The summed E-state index contributed by atoms with van der Waals surface area (Å²) < 4.78 is 11.2. The molecule has 0 spiro atoms. The van der Waals surface area contributed by atoms with Gasteiger partial charge in [-0.25, -0.2) is 5.43 Å². The van der Waals surface area contributed by atoms with Gasteiger partial charge in [0.1, 0.15) is 0 Å². The number of hydrazone groups is 1. The van der Waals surface area contributed by atoms with Crippen LogP contribution in [0.2, 0.25) is 10.0 Å². The Labute approximate surface area is 230 Å². The first kappa shape index (κ1) is 28.5. The molecule has 9 nitrogen and oxygen atoms in total. The van der Waals surface area contributed by atoms with Crippen molar-refractivity contribution in [2.75, 3.05) is 23.8 Å². The van der Waals surface area contributed by atoms with E-state index in [1.54, 1.807) is 37.3 Å². The number of ether oxygens (including phenoxy) is 2. The van der Waals surface area contributed by atoms with Crippen molar-refractivity contribution in [2.24, 2.45) is 5.10 Å². The van der Waals surface area contributed by atoms with Crippen molar-refractivity contribution in [3.05, 3.63) is 81.3 Å². The Morgan fingerprint density at radius 3 is 2.29 bits per heavy atom. The average Bonchev–Trinajstić information content (AvgIpc) is 2.88. The number of anilines is 2. The molecule has 0 saturated heterocycles. The van der Waals surface area contributed by atoms with Crippen molar-refractivity contribution >= 4 is 58.5 Å². The molecule has 3 rings (SSSR count). The zero-order valence-electron chi connectivity index (χ0n) is 20.9. The predicted octanol–water partition coefficient (Wildman–Crippen LogP) is 5.12. The van der Waals surface area contributed by atoms with E-state index in [9.17, 15) is 14.4 Å². The molecule has 11 heteroatoms. The van der Waals surface area contributed by atoms with Crippen LogP contribution in [0, 0.1) is 13.8 Å². The van der Waals surface area contributed by atoms with Gasteiger partial charge in [0, 0.05) is 11.4 Å². The summed E-state index contributed by atoms with van der Waals surface area (Å²) in [5.74, 6) is -1.44. The minimum absolute atomic E-state index is 0.278. The van der Waals surface area contributed by atoms with E-state index >= 15 is 0 Å². The lowest BCUT2D eigenvalue weighted by molar-refractivity contribution is -0.136. The number of aryl methyl sites for hydroxylation is 2. The van der Waals surface area contributed by atoms with Crippen LogP contribution in [0.15, 0.2) is 59.7 Å². The minimum atomic E-state index is -0.915. The number of benzene rings is 3. The molecule has 0 radical (unpaired) electrons. The second-order valence-electron chi connectivity index (χ2n) is 8.02. The van der Waals surface area contributed by atoms with Gasteiger partial charge in [-0.3, -0.25) is 14.4 Å². The van der Waals surface area contributed by atoms with Gasteiger partial charge in [-0.15, -0.1) is 0 Å². The van der Waals surface area contributed by atoms with Gasteiger partial charge in [0.15, 0.2) is 18.1 Å². The Morgan fingerprint density at radius 2 is 1.61 bits per heavy atom. The highest BCUT2D eigenvalue weighted by Crippen LogP contribution is 2.28. The molecule has 0 aliphatic rings. The summed E-state index contributed by atoms with van der Waals surface area (Å²) in [5, 5.41) is 9.82. The Bertz CT molecular complexity index is 1360. The highest BCUT2D eigenvalue weighted by molar-refractivity contribution is 6.42. The fourth-order valence-electron chi connectivity index (χ4n) is 3.30. The van der Waals surface area contributed by atoms with E-state index in [0.29, 0.717) is 45.1 Å². The van der Waals surface area contributed by atoms with Crippen LogP contribution < -0.4 is 25.5 Å². The van der Waals surface area contributed by atoms with E-state index in [4.69, 9.17) is 32.7 Å². The predicted molar refractivity (Wildman–Crippen MR) is 148 cm³/mol. The molecule has 0 heterocycles. The molecule has 198 valence electrons. The molecule has 0 aliphatic carbocycles. The number of amides is 3. The van der Waals surface area contributed by atoms with Crippen molar-refractivity contribution in [1.29, 1.82) is 0 Å². The molecule has 0 aliphatic heterocycles. The third kappa shape index (κ3) is 7.96. The van der Waals surface area contributed by atoms with E-state index in [0.717, 1.165) is 11.1 Å². The molecule has 38 heavy (non-hydrogen) atoms. The zero-order chi connectivity index (χ0) is 27.7. The van der Waals surface area contributed by atoms with Gasteiger partial charge in [0.25, 0.3) is 5.91 Å². The molecule has 0 saturated carbocycles. The minimum Gasteiger partial charge on any atom is -0.490 e. The first-order valence-electron chi connectivity index (χ1n) is 11.5. The molecular formula is C27H26Cl2N4O5. The number of carbonyl (C=O) groups excluding carboxylic acids is 3. The number of carbonyl (C=O) groups is 3. The van der Waals surface area contributed by atoms with Crippen LogP contribution in [0.5, 0.6) is 11.5 Å². The van der Waals surface area contributed by atoms with Crippen molar-refractivity contribution < 1.29 is 23.9 Å². The number of para-hydroxylation sites is 1. The van der Waals surface area contributed by atoms with Crippen LogP contribution >= 0.6 is 23.2 Å². The van der Waals surface area contributed by atoms with Crippen LogP contribution in [0.1, 0.15) is 23.6 Å². The van der Waals surface area contributed by atoms with Gasteiger partial charge in [-0.05, 0) is 73.9 Å². The highest BCUT2D eigenvalue weighted by Gasteiger charge is 2.15. The summed E-state index contributed by atoms with van der Waals surface area (Å²) in [6.07, 6.45) is 1.35. The lowest BCUT2D eigenvalue weighted by Gasteiger charge is -2.13. The van der Waals surface area contributed by atoms with Gasteiger partial charge < -0.3 is 20.1 Å². The van der Waals surface area contributed by atoms with Crippen LogP contribution in [-0.4, -0.2) is 37.1 Å². The summed E-state index contributed by atoms with van der Waals surface area (Å²) in [4.78, 5) is 36.7. The summed E-state index contributed by atoms with van der Waals surface area (Å²) in [6, 6.07) is 15.2. The second kappa shape index (κ2) is 13.5. The van der Waals surface area contributed by atoms with Crippen LogP contribution in [0.3, 0.4) is 0 Å². The molecule has 3 amide bonds. The zero-order valence-corrected chi connectivity index (χ0v) is 22.4. The van der Waals surface area contributed by atoms with Crippen molar-refractivity contribution in [3.63, 3.8) is 0 Å². The lowest BCUT2D eigenvalue weighted by atomic mass is 10.1. The molecule has 0 bridgehead atoms. The maximum atomic E-state index is 12.3. The number of rotatable bonds is 9. The molecule has 3 aromatic carbocycles. The monoisotopic (exact) mass is 556 g/mol. The molecule has 0 aromatic heterocycles. The number of hydrogen-bond donors (Lipinski definition) is 3. The number of halogens is 2. The third-order valence-electron chi connectivity index (χ3n) is 5.14. The van der Waals surface area contributed by atoms with E-state index in [1.165, 1.54) is 12.3 Å². The molecular weight excluding hydrogens is 531 g/mol. The van der Waals surface area contributed by atoms with Crippen molar-refractivity contribution in [1.82, 2.24) is 5.43 Å². The quantitative estimate of drug-likeness (QED) is 0.192. The Morgan fingerprint density at radius 1 is 0.868 bits per heavy atom. The fraction of sp³-hybridized carbons (Fsp3) is 0.185. The van der Waals surface area contributed by atoms with Crippen molar-refractivity contribution in [2.45, 2.75) is 20.8 Å². The fourth-order valence-corrected chi connectivity index (χ4v) is 3.60. The lowest BCUT2D eigenvalue weighted by Crippen LogP contribution is -2.32. The third-order valence-corrected chi connectivity index (χ3v) is 5.87. The maximum absolute atomic E-state index is 12.3. The number of nitrogens with zero attached hydrogens (tertiary/aromatic N) is 1. The SMILES string of the molecule is CCOc1cc(/C=N\NC(=O)C(=O)Nc2c(C)cccc2C)ccc1OCC(=O)Nc1ccc(Cl)c(Cl)c1. The van der Waals surface area contributed by atoms with Crippen LogP contribution in [0.25, 0.3) is 0 Å². The first-order chi connectivity index (χ1) is 18.2. The molecule has 3 N–H and O–H groups in total. The summed E-state index contributed by atoms with van der Waals surface area (Å²) in [5.41, 5.74) is 5.51. The number of hydrogen-bond acceptors (Lipinski definition) is 6. The Kier molecular flexibility index (Phi) is 10.1.